The fourth-order valence-corrected chi connectivity index (χ4v) is 2.10. The lowest BCUT2D eigenvalue weighted by atomic mass is 10.0. The molecule has 112 valence electrons. The fraction of sp³-hybridized carbons (Fsp3) is 0.294. The molecule has 0 aromatic heterocycles. The maximum atomic E-state index is 13.9. The first-order chi connectivity index (χ1) is 10.0. The molecule has 0 fully saturated rings. The molecule has 1 N–H and O–H groups in total. The first kappa shape index (κ1) is 15.4. The highest BCUT2D eigenvalue weighted by Gasteiger charge is 2.10. The fourth-order valence-electron chi connectivity index (χ4n) is 2.10. The predicted molar refractivity (Wildman–Crippen MR) is 80.3 cm³/mol. The average Bonchev–Trinajstić information content (AvgIpc) is 2.46. The Morgan fingerprint density at radius 2 is 1.86 bits per heavy atom. The molecule has 4 heteroatoms. The van der Waals surface area contributed by atoms with Gasteiger partial charge in [-0.15, -0.1) is 0 Å². The molecule has 2 rings (SSSR count). The standard InChI is InChI=1S/C17H19F2NO/c1-11(2)20-10-13-8-12(4-6-16(13)19)15-9-14(18)5-7-17(15)21-3/h4-9,11,20H,10H2,1-3H3. The van der Waals surface area contributed by atoms with Crippen LogP contribution in [0.25, 0.3) is 11.1 Å². The van der Waals surface area contributed by atoms with Crippen molar-refractivity contribution < 1.29 is 13.5 Å². The molecule has 0 bridgehead atoms. The van der Waals surface area contributed by atoms with Crippen molar-refractivity contribution >= 4 is 0 Å². The number of rotatable bonds is 5. The summed E-state index contributed by atoms with van der Waals surface area (Å²) in [6.45, 7) is 4.42. The summed E-state index contributed by atoms with van der Waals surface area (Å²) in [5.74, 6) is -0.0648. The van der Waals surface area contributed by atoms with Gasteiger partial charge in [-0.05, 0) is 35.9 Å². The molecule has 0 radical (unpaired) electrons. The zero-order valence-corrected chi connectivity index (χ0v) is 12.4. The van der Waals surface area contributed by atoms with Gasteiger partial charge in [-0.3, -0.25) is 0 Å². The van der Waals surface area contributed by atoms with Gasteiger partial charge in [-0.25, -0.2) is 8.78 Å². The minimum absolute atomic E-state index is 0.261. The van der Waals surface area contributed by atoms with E-state index in [0.717, 1.165) is 5.56 Å². The third kappa shape index (κ3) is 3.79. The van der Waals surface area contributed by atoms with Crippen LogP contribution in [0.2, 0.25) is 0 Å². The topological polar surface area (TPSA) is 21.3 Å². The molecule has 2 nitrogen and oxygen atoms in total. The van der Waals surface area contributed by atoms with Crippen molar-refractivity contribution in [3.05, 3.63) is 53.6 Å². The van der Waals surface area contributed by atoms with E-state index < -0.39 is 0 Å². The third-order valence-electron chi connectivity index (χ3n) is 3.22. The predicted octanol–water partition coefficient (Wildman–Crippen LogP) is 4.14. The SMILES string of the molecule is COc1ccc(F)cc1-c1ccc(F)c(CNC(C)C)c1. The van der Waals surface area contributed by atoms with Crippen LogP contribution < -0.4 is 10.1 Å². The van der Waals surface area contributed by atoms with Crippen LogP contribution in [-0.4, -0.2) is 13.2 Å². The van der Waals surface area contributed by atoms with Gasteiger partial charge in [-0.2, -0.15) is 0 Å². The highest BCUT2D eigenvalue weighted by molar-refractivity contribution is 5.71. The molecular weight excluding hydrogens is 272 g/mol. The Kier molecular flexibility index (Phi) is 4.91. The Bertz CT molecular complexity index is 626. The van der Waals surface area contributed by atoms with E-state index in [2.05, 4.69) is 5.32 Å². The second kappa shape index (κ2) is 6.68. The average molecular weight is 291 g/mol. The van der Waals surface area contributed by atoms with Crippen molar-refractivity contribution in [3.63, 3.8) is 0 Å². The monoisotopic (exact) mass is 291 g/mol. The quantitative estimate of drug-likeness (QED) is 0.894. The number of nitrogens with one attached hydrogen (secondary N) is 1. The highest BCUT2D eigenvalue weighted by Crippen LogP contribution is 2.31. The van der Waals surface area contributed by atoms with E-state index in [1.807, 2.05) is 13.8 Å². The Morgan fingerprint density at radius 3 is 2.52 bits per heavy atom. The number of halogens is 2. The van der Waals surface area contributed by atoms with Gasteiger partial charge in [0, 0.05) is 23.7 Å². The van der Waals surface area contributed by atoms with Crippen molar-refractivity contribution in [3.8, 4) is 16.9 Å². The molecule has 21 heavy (non-hydrogen) atoms. The minimum atomic E-state index is -0.350. The molecule has 0 amide bonds. The Labute approximate surface area is 123 Å². The Balaban J connectivity index is 2.40. The van der Waals surface area contributed by atoms with E-state index in [1.54, 1.807) is 18.2 Å². The summed E-state index contributed by atoms with van der Waals surface area (Å²) < 4.78 is 32.6. The second-order valence-electron chi connectivity index (χ2n) is 5.19. The van der Waals surface area contributed by atoms with Crippen LogP contribution >= 0.6 is 0 Å². The van der Waals surface area contributed by atoms with Crippen LogP contribution in [0, 0.1) is 11.6 Å². The van der Waals surface area contributed by atoms with Gasteiger partial charge >= 0.3 is 0 Å². The number of hydrogen-bond donors (Lipinski definition) is 1. The van der Waals surface area contributed by atoms with Crippen molar-refractivity contribution in [2.75, 3.05) is 7.11 Å². The molecule has 2 aromatic carbocycles. The molecule has 0 saturated heterocycles. The van der Waals surface area contributed by atoms with Gasteiger partial charge in [0.15, 0.2) is 0 Å². The second-order valence-corrected chi connectivity index (χ2v) is 5.19. The van der Waals surface area contributed by atoms with Gasteiger partial charge in [0.05, 0.1) is 7.11 Å². The number of ether oxygens (including phenoxy) is 1. The van der Waals surface area contributed by atoms with Crippen molar-refractivity contribution in [1.29, 1.82) is 0 Å². The van der Waals surface area contributed by atoms with Crippen molar-refractivity contribution in [1.82, 2.24) is 5.32 Å². The van der Waals surface area contributed by atoms with Crippen LogP contribution in [-0.2, 0) is 6.54 Å². The van der Waals surface area contributed by atoms with Crippen LogP contribution in [0.4, 0.5) is 8.78 Å². The van der Waals surface area contributed by atoms with Crippen molar-refractivity contribution in [2.45, 2.75) is 26.4 Å². The first-order valence-corrected chi connectivity index (χ1v) is 6.87. The van der Waals surface area contributed by atoms with E-state index in [4.69, 9.17) is 4.74 Å². The van der Waals surface area contributed by atoms with Crippen LogP contribution in [0.3, 0.4) is 0 Å². The lowest BCUT2D eigenvalue weighted by molar-refractivity contribution is 0.415. The van der Waals surface area contributed by atoms with Gasteiger partial charge in [-0.1, -0.05) is 19.9 Å². The van der Waals surface area contributed by atoms with Gasteiger partial charge < -0.3 is 10.1 Å². The largest absolute Gasteiger partial charge is 0.496 e. The van der Waals surface area contributed by atoms with E-state index in [0.29, 0.717) is 23.4 Å². The normalized spacial score (nSPS) is 11.0. The zero-order chi connectivity index (χ0) is 15.4. The van der Waals surface area contributed by atoms with Gasteiger partial charge in [0.1, 0.15) is 17.4 Å². The molecule has 0 spiro atoms. The number of methoxy groups -OCH3 is 1. The Hall–Kier alpha value is -1.94. The van der Waals surface area contributed by atoms with E-state index >= 15 is 0 Å². The zero-order valence-electron chi connectivity index (χ0n) is 12.4. The lowest BCUT2D eigenvalue weighted by Gasteiger charge is -2.13. The summed E-state index contributed by atoms with van der Waals surface area (Å²) in [7, 11) is 1.53. The summed E-state index contributed by atoms with van der Waals surface area (Å²) >= 11 is 0. The summed E-state index contributed by atoms with van der Waals surface area (Å²) in [5, 5.41) is 3.18. The third-order valence-corrected chi connectivity index (χ3v) is 3.22. The first-order valence-electron chi connectivity index (χ1n) is 6.87. The molecular formula is C17H19F2NO. The number of hydrogen-bond acceptors (Lipinski definition) is 2. The van der Waals surface area contributed by atoms with Crippen LogP contribution in [0.15, 0.2) is 36.4 Å². The summed E-state index contributed by atoms with van der Waals surface area (Å²) in [4.78, 5) is 0. The lowest BCUT2D eigenvalue weighted by Crippen LogP contribution is -2.22. The van der Waals surface area contributed by atoms with E-state index in [9.17, 15) is 8.78 Å². The molecule has 0 atom stereocenters. The minimum Gasteiger partial charge on any atom is -0.496 e. The molecule has 2 aromatic rings. The number of benzene rings is 2. The van der Waals surface area contributed by atoms with E-state index in [-0.39, 0.29) is 17.7 Å². The molecule has 0 aliphatic heterocycles. The summed E-state index contributed by atoms with van der Waals surface area (Å²) in [6, 6.07) is 9.32. The molecule has 0 saturated carbocycles. The van der Waals surface area contributed by atoms with Crippen LogP contribution in [0.5, 0.6) is 5.75 Å². The molecule has 0 unspecified atom stereocenters. The smallest absolute Gasteiger partial charge is 0.127 e. The summed E-state index contributed by atoms with van der Waals surface area (Å²) in [5.41, 5.74) is 1.89. The van der Waals surface area contributed by atoms with Gasteiger partial charge in [0.25, 0.3) is 0 Å². The molecule has 0 aliphatic carbocycles. The van der Waals surface area contributed by atoms with Crippen LogP contribution in [0.1, 0.15) is 19.4 Å². The summed E-state index contributed by atoms with van der Waals surface area (Å²) in [6.07, 6.45) is 0. The maximum Gasteiger partial charge on any atom is 0.127 e. The van der Waals surface area contributed by atoms with E-state index in [1.165, 1.54) is 25.3 Å². The maximum absolute atomic E-state index is 13.9. The highest BCUT2D eigenvalue weighted by atomic mass is 19.1. The Morgan fingerprint density at radius 1 is 1.10 bits per heavy atom. The van der Waals surface area contributed by atoms with Gasteiger partial charge in [0.2, 0.25) is 0 Å². The molecule has 0 aliphatic rings. The molecule has 0 heterocycles. The van der Waals surface area contributed by atoms with Crippen molar-refractivity contribution in [2.24, 2.45) is 0 Å².